The van der Waals surface area contributed by atoms with Gasteiger partial charge in [-0.3, -0.25) is 10.1 Å². The van der Waals surface area contributed by atoms with E-state index in [2.05, 4.69) is 10.3 Å². The van der Waals surface area contributed by atoms with Crippen molar-refractivity contribution in [3.05, 3.63) is 76.5 Å². The number of benzene rings is 2. The van der Waals surface area contributed by atoms with Crippen LogP contribution < -0.4 is 0 Å². The van der Waals surface area contributed by atoms with E-state index in [0.717, 1.165) is 11.3 Å². The molecule has 0 unspecified atom stereocenters. The molecule has 3 aromatic rings. The fourth-order valence-corrected chi connectivity index (χ4v) is 2.19. The number of aromatic nitrogens is 3. The first-order chi connectivity index (χ1) is 10.3. The zero-order chi connectivity index (χ0) is 14.7. The van der Waals surface area contributed by atoms with Gasteiger partial charge in [0.2, 0.25) is 0 Å². The van der Waals surface area contributed by atoms with Crippen molar-refractivity contribution in [2.75, 3.05) is 0 Å². The van der Waals surface area contributed by atoms with E-state index >= 15 is 0 Å². The summed E-state index contributed by atoms with van der Waals surface area (Å²) in [4.78, 5) is 10.7. The molecule has 0 saturated heterocycles. The standard InChI is InChI=1S/C15H12N4O2/c20-19(21)14-9-5-4-8-13(14)11-18-15(10-16-17-18)12-6-2-1-3-7-12/h1-10H,11H2. The second kappa shape index (κ2) is 5.54. The molecule has 1 aromatic heterocycles. The van der Waals surface area contributed by atoms with E-state index in [1.165, 1.54) is 6.07 Å². The lowest BCUT2D eigenvalue weighted by Gasteiger charge is -2.07. The summed E-state index contributed by atoms with van der Waals surface area (Å²) in [5, 5.41) is 19.0. The molecule has 0 spiro atoms. The zero-order valence-corrected chi connectivity index (χ0v) is 11.1. The molecule has 0 aliphatic carbocycles. The summed E-state index contributed by atoms with van der Waals surface area (Å²) in [5.41, 5.74) is 2.49. The van der Waals surface area contributed by atoms with Gasteiger partial charge in [-0.25, -0.2) is 4.68 Å². The fraction of sp³-hybridized carbons (Fsp3) is 0.0667. The third-order valence-corrected chi connectivity index (χ3v) is 3.20. The van der Waals surface area contributed by atoms with Crippen molar-refractivity contribution >= 4 is 5.69 Å². The largest absolute Gasteiger partial charge is 0.274 e. The first-order valence-corrected chi connectivity index (χ1v) is 6.42. The van der Waals surface area contributed by atoms with Crippen molar-refractivity contribution in [1.29, 1.82) is 0 Å². The van der Waals surface area contributed by atoms with Gasteiger partial charge in [0.05, 0.1) is 28.9 Å². The van der Waals surface area contributed by atoms with Crippen LogP contribution in [0.15, 0.2) is 60.8 Å². The maximum atomic E-state index is 11.1. The summed E-state index contributed by atoms with van der Waals surface area (Å²) < 4.78 is 1.66. The maximum absolute atomic E-state index is 11.1. The van der Waals surface area contributed by atoms with Crippen LogP contribution in [0, 0.1) is 10.1 Å². The second-order valence-corrected chi connectivity index (χ2v) is 4.53. The second-order valence-electron chi connectivity index (χ2n) is 4.53. The Bertz CT molecular complexity index is 768. The van der Waals surface area contributed by atoms with Crippen molar-refractivity contribution in [2.45, 2.75) is 6.54 Å². The van der Waals surface area contributed by atoms with E-state index in [1.807, 2.05) is 30.3 Å². The van der Waals surface area contributed by atoms with Crippen LogP contribution in [0.1, 0.15) is 5.56 Å². The molecule has 0 aliphatic heterocycles. The summed E-state index contributed by atoms with van der Waals surface area (Å²) in [6, 6.07) is 16.4. The molecular weight excluding hydrogens is 268 g/mol. The van der Waals surface area contributed by atoms with Gasteiger partial charge in [0.1, 0.15) is 0 Å². The number of hydrogen-bond acceptors (Lipinski definition) is 4. The van der Waals surface area contributed by atoms with Gasteiger partial charge >= 0.3 is 0 Å². The lowest BCUT2D eigenvalue weighted by molar-refractivity contribution is -0.385. The molecule has 0 N–H and O–H groups in total. The average Bonchev–Trinajstić information content (AvgIpc) is 2.96. The zero-order valence-electron chi connectivity index (χ0n) is 11.1. The minimum absolute atomic E-state index is 0.0898. The monoisotopic (exact) mass is 280 g/mol. The molecule has 0 bridgehead atoms. The Hall–Kier alpha value is -3.02. The van der Waals surface area contributed by atoms with E-state index in [9.17, 15) is 10.1 Å². The predicted octanol–water partition coefficient (Wildman–Crippen LogP) is 2.90. The molecular formula is C15H12N4O2. The van der Waals surface area contributed by atoms with Gasteiger partial charge in [-0.15, -0.1) is 5.10 Å². The Morgan fingerprint density at radius 2 is 1.76 bits per heavy atom. The highest BCUT2D eigenvalue weighted by Crippen LogP contribution is 2.22. The van der Waals surface area contributed by atoms with Crippen molar-refractivity contribution in [3.8, 4) is 11.3 Å². The van der Waals surface area contributed by atoms with Crippen LogP contribution in [-0.2, 0) is 6.54 Å². The van der Waals surface area contributed by atoms with Gasteiger partial charge in [0, 0.05) is 11.6 Å². The molecule has 1 heterocycles. The van der Waals surface area contributed by atoms with E-state index in [-0.39, 0.29) is 10.6 Å². The van der Waals surface area contributed by atoms with Crippen LogP contribution in [0.2, 0.25) is 0 Å². The number of nitrogens with zero attached hydrogens (tertiary/aromatic N) is 4. The van der Waals surface area contributed by atoms with Gasteiger partial charge < -0.3 is 0 Å². The van der Waals surface area contributed by atoms with Crippen LogP contribution in [0.25, 0.3) is 11.3 Å². The van der Waals surface area contributed by atoms with E-state index in [1.54, 1.807) is 29.1 Å². The molecule has 104 valence electrons. The van der Waals surface area contributed by atoms with Gasteiger partial charge in [-0.1, -0.05) is 53.7 Å². The molecule has 0 saturated carbocycles. The molecule has 0 radical (unpaired) electrons. The van der Waals surface area contributed by atoms with E-state index < -0.39 is 0 Å². The highest BCUT2D eigenvalue weighted by molar-refractivity contribution is 5.58. The first kappa shape index (κ1) is 13.0. The van der Waals surface area contributed by atoms with Crippen molar-refractivity contribution in [1.82, 2.24) is 15.0 Å². The predicted molar refractivity (Wildman–Crippen MR) is 77.7 cm³/mol. The van der Waals surface area contributed by atoms with Crippen LogP contribution in [0.5, 0.6) is 0 Å². The molecule has 0 fully saturated rings. The molecule has 21 heavy (non-hydrogen) atoms. The van der Waals surface area contributed by atoms with Gasteiger partial charge in [-0.05, 0) is 0 Å². The topological polar surface area (TPSA) is 73.8 Å². The molecule has 0 atom stereocenters. The lowest BCUT2D eigenvalue weighted by atomic mass is 10.1. The summed E-state index contributed by atoms with van der Waals surface area (Å²) >= 11 is 0. The maximum Gasteiger partial charge on any atom is 0.274 e. The third kappa shape index (κ3) is 2.64. The van der Waals surface area contributed by atoms with Crippen molar-refractivity contribution in [3.63, 3.8) is 0 Å². The van der Waals surface area contributed by atoms with Crippen LogP contribution >= 0.6 is 0 Å². The normalized spacial score (nSPS) is 10.5. The number of nitro benzene ring substituents is 1. The van der Waals surface area contributed by atoms with E-state index in [4.69, 9.17) is 0 Å². The highest BCUT2D eigenvalue weighted by atomic mass is 16.6. The quantitative estimate of drug-likeness (QED) is 0.544. The minimum atomic E-state index is -0.381. The summed E-state index contributed by atoms with van der Waals surface area (Å²) in [6.45, 7) is 0.307. The number of nitro groups is 1. The Morgan fingerprint density at radius 3 is 2.52 bits per heavy atom. The SMILES string of the molecule is O=[N+]([O-])c1ccccc1Cn1nncc1-c1ccccc1. The smallest absolute Gasteiger partial charge is 0.258 e. The molecule has 6 nitrogen and oxygen atoms in total. The van der Waals surface area contributed by atoms with E-state index in [0.29, 0.717) is 12.1 Å². The highest BCUT2D eigenvalue weighted by Gasteiger charge is 2.15. The molecule has 3 rings (SSSR count). The molecule has 0 amide bonds. The summed E-state index contributed by atoms with van der Waals surface area (Å²) in [7, 11) is 0. The number of para-hydroxylation sites is 1. The lowest BCUT2D eigenvalue weighted by Crippen LogP contribution is -2.06. The fourth-order valence-electron chi connectivity index (χ4n) is 2.19. The Labute approximate surface area is 120 Å². The number of hydrogen-bond donors (Lipinski definition) is 0. The van der Waals surface area contributed by atoms with Crippen LogP contribution in [0.3, 0.4) is 0 Å². The molecule has 0 aliphatic rings. The van der Waals surface area contributed by atoms with Crippen LogP contribution in [-0.4, -0.2) is 19.9 Å². The third-order valence-electron chi connectivity index (χ3n) is 3.20. The molecule has 6 heteroatoms. The Kier molecular flexibility index (Phi) is 3.42. The Balaban J connectivity index is 1.98. The molecule has 2 aromatic carbocycles. The van der Waals surface area contributed by atoms with Crippen LogP contribution in [0.4, 0.5) is 5.69 Å². The van der Waals surface area contributed by atoms with Crippen molar-refractivity contribution < 1.29 is 4.92 Å². The van der Waals surface area contributed by atoms with Gasteiger partial charge in [0.25, 0.3) is 5.69 Å². The summed E-state index contributed by atoms with van der Waals surface area (Å²) in [6.07, 6.45) is 1.66. The first-order valence-electron chi connectivity index (χ1n) is 6.42. The van der Waals surface area contributed by atoms with Gasteiger partial charge in [-0.2, -0.15) is 0 Å². The van der Waals surface area contributed by atoms with Crippen molar-refractivity contribution in [2.24, 2.45) is 0 Å². The van der Waals surface area contributed by atoms with Gasteiger partial charge in [0.15, 0.2) is 0 Å². The summed E-state index contributed by atoms with van der Waals surface area (Å²) in [5.74, 6) is 0. The number of rotatable bonds is 4. The Morgan fingerprint density at radius 1 is 1.05 bits per heavy atom. The average molecular weight is 280 g/mol. The minimum Gasteiger partial charge on any atom is -0.258 e.